The summed E-state index contributed by atoms with van der Waals surface area (Å²) in [7, 11) is 0. The van der Waals surface area contributed by atoms with Gasteiger partial charge in [-0.3, -0.25) is 0 Å². The molecule has 5 heteroatoms. The van der Waals surface area contributed by atoms with Crippen LogP contribution in [0, 0.1) is 41.5 Å². The number of benzene rings is 4. The highest BCUT2D eigenvalue weighted by Gasteiger charge is 2.26. The van der Waals surface area contributed by atoms with Crippen LogP contribution in [0.2, 0.25) is 0 Å². The maximum Gasteiger partial charge on any atom is 0.344 e. The monoisotopic (exact) mass is 548 g/mol. The summed E-state index contributed by atoms with van der Waals surface area (Å²) in [5.74, 6) is 0.220. The van der Waals surface area contributed by atoms with Crippen molar-refractivity contribution in [2.75, 3.05) is 0 Å². The lowest BCUT2D eigenvalue weighted by Gasteiger charge is -2.21. The highest BCUT2D eigenvalue weighted by molar-refractivity contribution is 5.98. The molecule has 0 unspecified atom stereocenters. The molecule has 0 N–H and O–H groups in total. The van der Waals surface area contributed by atoms with Crippen LogP contribution in [-0.4, -0.2) is 11.9 Å². The summed E-state index contributed by atoms with van der Waals surface area (Å²) < 4.78 is 17.8. The van der Waals surface area contributed by atoms with E-state index in [1.807, 2.05) is 108 Å². The quantitative estimate of drug-likeness (QED) is 0.155. The van der Waals surface area contributed by atoms with Gasteiger partial charge < -0.3 is 14.2 Å². The van der Waals surface area contributed by atoms with Crippen LogP contribution in [0.4, 0.5) is 0 Å². The Balaban J connectivity index is 1.61. The van der Waals surface area contributed by atoms with Crippen LogP contribution < -0.4 is 9.47 Å². The van der Waals surface area contributed by atoms with Crippen molar-refractivity contribution in [2.24, 2.45) is 0 Å². The van der Waals surface area contributed by atoms with Crippen molar-refractivity contribution in [3.63, 3.8) is 0 Å². The second kappa shape index (κ2) is 12.7. The molecule has 0 amide bonds. The summed E-state index contributed by atoms with van der Waals surface area (Å²) in [6.45, 7) is 15.8. The fourth-order valence-electron chi connectivity index (χ4n) is 5.01. The molecule has 4 rings (SSSR count). The first-order chi connectivity index (χ1) is 19.6. The number of hydrogen-bond donors (Lipinski definition) is 0. The number of hydrogen-bond acceptors (Lipinski definition) is 5. The molecule has 0 atom stereocenters. The van der Waals surface area contributed by atoms with Gasteiger partial charge in [-0.15, -0.1) is 0 Å². The highest BCUT2D eigenvalue weighted by Crippen LogP contribution is 2.36. The van der Waals surface area contributed by atoms with Crippen LogP contribution in [0.3, 0.4) is 0 Å². The summed E-state index contributed by atoms with van der Waals surface area (Å²) in [4.78, 5) is 26.8. The standard InChI is InChI=1S/C36H36O5/c1-8-30-27(7)33(35(37)40-21-29-17-13-10-14-18-29)25(5)26(6)34(30)41-36(38)32-22(2)19-31(23(3)24(32)4)39-20-28-15-11-9-12-16-28/h8-19H,1,20-21H2,2-7H3. The normalized spacial score (nSPS) is 10.7. The summed E-state index contributed by atoms with van der Waals surface area (Å²) in [6.07, 6.45) is 1.61. The summed E-state index contributed by atoms with van der Waals surface area (Å²) in [5.41, 5.74) is 7.96. The molecule has 0 aliphatic rings. The van der Waals surface area contributed by atoms with E-state index in [0.29, 0.717) is 45.7 Å². The Bertz CT molecular complexity index is 1600. The minimum Gasteiger partial charge on any atom is -0.489 e. The van der Waals surface area contributed by atoms with Crippen molar-refractivity contribution < 1.29 is 23.8 Å². The van der Waals surface area contributed by atoms with E-state index in [1.54, 1.807) is 6.08 Å². The second-order valence-corrected chi connectivity index (χ2v) is 10.2. The van der Waals surface area contributed by atoms with Crippen LogP contribution in [0.25, 0.3) is 6.08 Å². The molecule has 0 bridgehead atoms. The Morgan fingerprint density at radius 2 is 1.24 bits per heavy atom. The Labute approximate surface area is 242 Å². The highest BCUT2D eigenvalue weighted by atomic mass is 16.5. The van der Waals surface area contributed by atoms with Crippen LogP contribution >= 0.6 is 0 Å². The lowest BCUT2D eigenvalue weighted by molar-refractivity contribution is 0.0470. The molecule has 0 aromatic heterocycles. The van der Waals surface area contributed by atoms with E-state index in [4.69, 9.17) is 14.2 Å². The van der Waals surface area contributed by atoms with Gasteiger partial charge in [-0.25, -0.2) is 9.59 Å². The number of esters is 2. The van der Waals surface area contributed by atoms with E-state index in [1.165, 1.54) is 0 Å². The van der Waals surface area contributed by atoms with Crippen molar-refractivity contribution in [1.29, 1.82) is 0 Å². The van der Waals surface area contributed by atoms with E-state index in [2.05, 4.69) is 6.58 Å². The molecule has 0 radical (unpaired) electrons. The third-order valence-electron chi connectivity index (χ3n) is 7.61. The molecule has 5 nitrogen and oxygen atoms in total. The first-order valence-electron chi connectivity index (χ1n) is 13.6. The predicted molar refractivity (Wildman–Crippen MR) is 163 cm³/mol. The zero-order valence-corrected chi connectivity index (χ0v) is 24.6. The first-order valence-corrected chi connectivity index (χ1v) is 13.6. The molecule has 0 saturated heterocycles. The Hall–Kier alpha value is -4.64. The van der Waals surface area contributed by atoms with Gasteiger partial charge in [-0.1, -0.05) is 73.3 Å². The van der Waals surface area contributed by atoms with Gasteiger partial charge in [0, 0.05) is 5.56 Å². The summed E-state index contributed by atoms with van der Waals surface area (Å²) >= 11 is 0. The lowest BCUT2D eigenvalue weighted by Crippen LogP contribution is -2.17. The number of carbonyl (C=O) groups excluding carboxylic acids is 2. The average Bonchev–Trinajstić information content (AvgIpc) is 2.97. The van der Waals surface area contributed by atoms with Crippen LogP contribution in [0.15, 0.2) is 73.3 Å². The van der Waals surface area contributed by atoms with Gasteiger partial charge in [-0.05, 0) is 92.1 Å². The van der Waals surface area contributed by atoms with Gasteiger partial charge in [0.1, 0.15) is 24.7 Å². The average molecular weight is 549 g/mol. The molecule has 0 aliphatic carbocycles. The summed E-state index contributed by atoms with van der Waals surface area (Å²) in [5, 5.41) is 0. The van der Waals surface area contributed by atoms with Crippen molar-refractivity contribution in [2.45, 2.75) is 54.8 Å². The molecule has 41 heavy (non-hydrogen) atoms. The number of aryl methyl sites for hydroxylation is 1. The molecular weight excluding hydrogens is 512 g/mol. The van der Waals surface area contributed by atoms with Crippen molar-refractivity contribution in [1.82, 2.24) is 0 Å². The molecule has 0 spiro atoms. The van der Waals surface area contributed by atoms with Crippen LogP contribution in [-0.2, 0) is 18.0 Å². The second-order valence-electron chi connectivity index (χ2n) is 10.2. The Morgan fingerprint density at radius 3 is 1.83 bits per heavy atom. The predicted octanol–water partition coefficient (Wildman–Crippen LogP) is 8.34. The van der Waals surface area contributed by atoms with E-state index < -0.39 is 11.9 Å². The molecule has 0 heterocycles. The molecule has 210 valence electrons. The van der Waals surface area contributed by atoms with Crippen LogP contribution in [0.1, 0.15) is 70.8 Å². The van der Waals surface area contributed by atoms with Gasteiger partial charge in [0.15, 0.2) is 0 Å². The third kappa shape index (κ3) is 6.25. The Kier molecular flexibility index (Phi) is 9.08. The summed E-state index contributed by atoms with van der Waals surface area (Å²) in [6, 6.07) is 21.4. The largest absolute Gasteiger partial charge is 0.489 e. The minimum absolute atomic E-state index is 0.167. The zero-order valence-electron chi connectivity index (χ0n) is 24.6. The molecule has 0 saturated carbocycles. The SMILES string of the molecule is C=Cc1c(C)c(C(=O)OCc2ccccc2)c(C)c(C)c1OC(=O)c1c(C)cc(OCc2ccccc2)c(C)c1C. The van der Waals surface area contributed by atoms with Gasteiger partial charge in [-0.2, -0.15) is 0 Å². The smallest absolute Gasteiger partial charge is 0.344 e. The van der Waals surface area contributed by atoms with Gasteiger partial charge in [0.2, 0.25) is 0 Å². The molecule has 0 aliphatic heterocycles. The molecule has 4 aromatic rings. The van der Waals surface area contributed by atoms with E-state index in [-0.39, 0.29) is 6.61 Å². The van der Waals surface area contributed by atoms with E-state index in [0.717, 1.165) is 33.6 Å². The number of rotatable bonds is 9. The third-order valence-corrected chi connectivity index (χ3v) is 7.61. The van der Waals surface area contributed by atoms with Crippen molar-refractivity contribution in [3.8, 4) is 11.5 Å². The lowest BCUT2D eigenvalue weighted by atomic mass is 9.92. The van der Waals surface area contributed by atoms with Gasteiger partial charge >= 0.3 is 11.9 Å². The number of ether oxygens (including phenoxy) is 3. The van der Waals surface area contributed by atoms with Crippen molar-refractivity contribution >= 4 is 18.0 Å². The van der Waals surface area contributed by atoms with Crippen molar-refractivity contribution in [3.05, 3.63) is 135 Å². The van der Waals surface area contributed by atoms with Crippen LogP contribution in [0.5, 0.6) is 11.5 Å². The molecule has 4 aromatic carbocycles. The van der Waals surface area contributed by atoms with E-state index >= 15 is 0 Å². The topological polar surface area (TPSA) is 61.8 Å². The molecular formula is C36H36O5. The Morgan fingerprint density at radius 1 is 0.683 bits per heavy atom. The number of carbonyl (C=O) groups is 2. The van der Waals surface area contributed by atoms with Gasteiger partial charge in [0.25, 0.3) is 0 Å². The minimum atomic E-state index is -0.470. The molecule has 0 fully saturated rings. The van der Waals surface area contributed by atoms with E-state index in [9.17, 15) is 9.59 Å². The maximum atomic E-state index is 13.6. The maximum absolute atomic E-state index is 13.6. The zero-order chi connectivity index (χ0) is 29.7. The first kappa shape index (κ1) is 29.3. The fraction of sp³-hybridized carbons (Fsp3) is 0.222. The fourth-order valence-corrected chi connectivity index (χ4v) is 5.01. The van der Waals surface area contributed by atoms with Gasteiger partial charge in [0.05, 0.1) is 11.1 Å².